The summed E-state index contributed by atoms with van der Waals surface area (Å²) in [5.41, 5.74) is 0.113. The molecular weight excluding hydrogens is 248 g/mol. The Morgan fingerprint density at radius 2 is 1.74 bits per heavy atom. The Labute approximate surface area is 111 Å². The molecule has 0 saturated heterocycles. The Kier molecular flexibility index (Phi) is 5.73. The molecule has 0 unspecified atom stereocenters. The number of carbonyl (C=O) groups is 3. The van der Waals surface area contributed by atoms with Crippen LogP contribution in [0.25, 0.3) is 0 Å². The van der Waals surface area contributed by atoms with E-state index in [1.165, 1.54) is 12.1 Å². The highest BCUT2D eigenvalue weighted by atomic mass is 16.6. The van der Waals surface area contributed by atoms with Gasteiger partial charge in [0.25, 0.3) is 0 Å². The molecule has 1 rings (SSSR count). The molecule has 5 nitrogen and oxygen atoms in total. The molecule has 0 atom stereocenters. The van der Waals surface area contributed by atoms with Crippen molar-refractivity contribution in [2.45, 2.75) is 20.3 Å². The molecule has 0 fully saturated rings. The predicted molar refractivity (Wildman–Crippen MR) is 67.7 cm³/mol. The number of esters is 2. The lowest BCUT2D eigenvalue weighted by molar-refractivity contribution is -0.123. The van der Waals surface area contributed by atoms with Crippen LogP contribution in [0.1, 0.15) is 41.0 Å². The van der Waals surface area contributed by atoms with Crippen LogP contribution in [0, 0.1) is 5.92 Å². The fraction of sp³-hybridized carbons (Fsp3) is 0.357. The molecule has 0 aliphatic rings. The van der Waals surface area contributed by atoms with E-state index >= 15 is 0 Å². The maximum absolute atomic E-state index is 11.8. The van der Waals surface area contributed by atoms with Gasteiger partial charge in [-0.25, -0.2) is 9.59 Å². The van der Waals surface area contributed by atoms with Crippen molar-refractivity contribution in [3.63, 3.8) is 0 Å². The minimum atomic E-state index is -0.869. The van der Waals surface area contributed by atoms with Crippen molar-refractivity contribution in [3.05, 3.63) is 35.4 Å². The van der Waals surface area contributed by atoms with Crippen molar-refractivity contribution >= 4 is 18.4 Å². The highest BCUT2D eigenvalue weighted by Gasteiger charge is 2.18. The lowest BCUT2D eigenvalue weighted by atomic mass is 10.1. The molecule has 19 heavy (non-hydrogen) atoms. The van der Waals surface area contributed by atoms with Gasteiger partial charge in [-0.3, -0.25) is 4.79 Å². The van der Waals surface area contributed by atoms with Crippen molar-refractivity contribution in [3.8, 4) is 0 Å². The second kappa shape index (κ2) is 7.31. The summed E-state index contributed by atoms with van der Waals surface area (Å²) in [6.07, 6.45) is 0.743. The standard InChI is InChI=1S/C14H16O5/c1-10(2)7-8-18-13(16)11-5-3-4-6-12(11)14(17)19-9-15/h3-6,9-10H,7-8H2,1-2H3. The highest BCUT2D eigenvalue weighted by Crippen LogP contribution is 2.12. The molecule has 0 bridgehead atoms. The van der Waals surface area contributed by atoms with Crippen molar-refractivity contribution in [2.24, 2.45) is 5.92 Å². The molecule has 0 spiro atoms. The van der Waals surface area contributed by atoms with Crippen LogP contribution in [-0.2, 0) is 14.3 Å². The molecule has 1 aromatic rings. The Hall–Kier alpha value is -2.17. The first kappa shape index (κ1) is 14.9. The summed E-state index contributed by atoms with van der Waals surface area (Å²) in [7, 11) is 0. The monoisotopic (exact) mass is 264 g/mol. The van der Waals surface area contributed by atoms with Crippen molar-refractivity contribution < 1.29 is 23.9 Å². The van der Waals surface area contributed by atoms with Gasteiger partial charge in [-0.1, -0.05) is 26.0 Å². The summed E-state index contributed by atoms with van der Waals surface area (Å²) in [4.78, 5) is 33.5. The van der Waals surface area contributed by atoms with Gasteiger partial charge in [0.2, 0.25) is 0 Å². The third-order valence-electron chi connectivity index (χ3n) is 2.45. The molecule has 0 radical (unpaired) electrons. The van der Waals surface area contributed by atoms with Gasteiger partial charge in [-0.05, 0) is 24.5 Å². The zero-order valence-electron chi connectivity index (χ0n) is 10.9. The number of hydrogen-bond donors (Lipinski definition) is 0. The molecule has 0 saturated carbocycles. The van der Waals surface area contributed by atoms with E-state index in [1.54, 1.807) is 12.1 Å². The van der Waals surface area contributed by atoms with Gasteiger partial charge in [0.05, 0.1) is 17.7 Å². The molecule has 5 heteroatoms. The average molecular weight is 264 g/mol. The van der Waals surface area contributed by atoms with Gasteiger partial charge >= 0.3 is 18.4 Å². The zero-order valence-corrected chi connectivity index (χ0v) is 10.9. The summed E-state index contributed by atoms with van der Waals surface area (Å²) in [6.45, 7) is 4.35. The first-order valence-electron chi connectivity index (χ1n) is 5.97. The van der Waals surface area contributed by atoms with Crippen LogP contribution >= 0.6 is 0 Å². The topological polar surface area (TPSA) is 69.7 Å². The van der Waals surface area contributed by atoms with Gasteiger partial charge < -0.3 is 9.47 Å². The van der Waals surface area contributed by atoms with Gasteiger partial charge in [-0.2, -0.15) is 0 Å². The van der Waals surface area contributed by atoms with Crippen molar-refractivity contribution in [2.75, 3.05) is 6.61 Å². The zero-order chi connectivity index (χ0) is 14.3. The van der Waals surface area contributed by atoms with Gasteiger partial charge in [0.15, 0.2) is 0 Å². The van der Waals surface area contributed by atoms with Gasteiger partial charge in [0, 0.05) is 0 Å². The lowest BCUT2D eigenvalue weighted by Gasteiger charge is -2.09. The molecule has 1 aromatic carbocycles. The number of hydrogen-bond acceptors (Lipinski definition) is 5. The van der Waals surface area contributed by atoms with Crippen LogP contribution in [-0.4, -0.2) is 25.0 Å². The van der Waals surface area contributed by atoms with Crippen molar-refractivity contribution in [1.82, 2.24) is 0 Å². The van der Waals surface area contributed by atoms with E-state index in [0.717, 1.165) is 6.42 Å². The number of carbonyl (C=O) groups excluding carboxylic acids is 3. The summed E-state index contributed by atoms with van der Waals surface area (Å²) >= 11 is 0. The maximum Gasteiger partial charge on any atom is 0.346 e. The van der Waals surface area contributed by atoms with Crippen molar-refractivity contribution in [1.29, 1.82) is 0 Å². The average Bonchev–Trinajstić information content (AvgIpc) is 2.38. The normalized spacial score (nSPS) is 10.1. The van der Waals surface area contributed by atoms with Crippen LogP contribution < -0.4 is 0 Å². The minimum Gasteiger partial charge on any atom is -0.462 e. The highest BCUT2D eigenvalue weighted by molar-refractivity contribution is 6.04. The van der Waals surface area contributed by atoms with E-state index in [4.69, 9.17) is 4.74 Å². The Morgan fingerprint density at radius 3 is 2.26 bits per heavy atom. The molecule has 0 heterocycles. The Balaban J connectivity index is 2.79. The third kappa shape index (κ3) is 4.54. The summed E-state index contributed by atoms with van der Waals surface area (Å²) in [5.74, 6) is -1.05. The molecule has 0 aromatic heterocycles. The molecule has 0 aliphatic heterocycles. The van der Waals surface area contributed by atoms with Gasteiger partial charge in [0.1, 0.15) is 0 Å². The molecule has 102 valence electrons. The van der Waals surface area contributed by atoms with E-state index in [9.17, 15) is 14.4 Å². The number of rotatable bonds is 6. The Morgan fingerprint density at radius 1 is 1.16 bits per heavy atom. The minimum absolute atomic E-state index is 0.0177. The van der Waals surface area contributed by atoms with Crippen LogP contribution in [0.15, 0.2) is 24.3 Å². The first-order valence-corrected chi connectivity index (χ1v) is 5.97. The predicted octanol–water partition coefficient (Wildman–Crippen LogP) is 2.20. The third-order valence-corrected chi connectivity index (χ3v) is 2.45. The number of benzene rings is 1. The second-order valence-electron chi connectivity index (χ2n) is 4.37. The molecule has 0 N–H and O–H groups in total. The van der Waals surface area contributed by atoms with E-state index in [1.807, 2.05) is 13.8 Å². The van der Waals surface area contributed by atoms with Crippen LogP contribution in [0.2, 0.25) is 0 Å². The van der Waals surface area contributed by atoms with E-state index < -0.39 is 11.9 Å². The second-order valence-corrected chi connectivity index (χ2v) is 4.37. The smallest absolute Gasteiger partial charge is 0.346 e. The van der Waals surface area contributed by atoms with Crippen LogP contribution in [0.3, 0.4) is 0 Å². The summed E-state index contributed by atoms with van der Waals surface area (Å²) in [6, 6.07) is 6.05. The fourth-order valence-electron chi connectivity index (χ4n) is 1.41. The summed E-state index contributed by atoms with van der Waals surface area (Å²) in [5, 5.41) is 0. The van der Waals surface area contributed by atoms with Crippen LogP contribution in [0.5, 0.6) is 0 Å². The van der Waals surface area contributed by atoms with E-state index in [-0.39, 0.29) is 24.2 Å². The van der Waals surface area contributed by atoms with Gasteiger partial charge in [-0.15, -0.1) is 0 Å². The SMILES string of the molecule is CC(C)CCOC(=O)c1ccccc1C(=O)OC=O. The maximum atomic E-state index is 11.8. The fourth-order valence-corrected chi connectivity index (χ4v) is 1.41. The largest absolute Gasteiger partial charge is 0.462 e. The van der Waals surface area contributed by atoms with E-state index in [0.29, 0.717) is 5.92 Å². The summed E-state index contributed by atoms with van der Waals surface area (Å²) < 4.78 is 9.31. The first-order chi connectivity index (χ1) is 9.06. The number of ether oxygens (including phenoxy) is 2. The molecule has 0 amide bonds. The lowest BCUT2D eigenvalue weighted by Crippen LogP contribution is -2.14. The quantitative estimate of drug-likeness (QED) is 0.447. The van der Waals surface area contributed by atoms with Crippen LogP contribution in [0.4, 0.5) is 0 Å². The Bertz CT molecular complexity index is 465. The molecular formula is C14H16O5. The van der Waals surface area contributed by atoms with E-state index in [2.05, 4.69) is 4.74 Å². The molecule has 0 aliphatic carbocycles.